The molecular weight excluding hydrogens is 445 g/mol. The number of nitro groups is 1. The molecule has 0 atom stereocenters. The smallest absolute Gasteiger partial charge is 0.292 e. The molecule has 0 radical (unpaired) electrons. The molecule has 0 amide bonds. The number of halogens is 1. The molecule has 0 saturated heterocycles. The Balaban J connectivity index is 0.00000338. The molecular formula is C18H24IN5O2. The van der Waals surface area contributed by atoms with E-state index in [1.165, 1.54) is 17.2 Å². The number of rotatable bonds is 7. The normalized spacial score (nSPS) is 10.6. The number of guanidine groups is 1. The van der Waals surface area contributed by atoms with Crippen molar-refractivity contribution in [1.29, 1.82) is 0 Å². The molecule has 0 spiro atoms. The van der Waals surface area contributed by atoms with Crippen LogP contribution in [0.2, 0.25) is 0 Å². The Morgan fingerprint density at radius 1 is 1.08 bits per heavy atom. The van der Waals surface area contributed by atoms with Gasteiger partial charge in [-0.2, -0.15) is 0 Å². The van der Waals surface area contributed by atoms with Gasteiger partial charge >= 0.3 is 0 Å². The Hall–Kier alpha value is -2.36. The van der Waals surface area contributed by atoms with Crippen molar-refractivity contribution in [3.05, 3.63) is 69.8 Å². The van der Waals surface area contributed by atoms with E-state index in [4.69, 9.17) is 0 Å². The van der Waals surface area contributed by atoms with Gasteiger partial charge < -0.3 is 16.0 Å². The van der Waals surface area contributed by atoms with E-state index >= 15 is 0 Å². The average Bonchev–Trinajstić information content (AvgIpc) is 2.62. The summed E-state index contributed by atoms with van der Waals surface area (Å²) in [6.45, 7) is 3.88. The van der Waals surface area contributed by atoms with Crippen LogP contribution in [0, 0.1) is 17.0 Å². The SMILES string of the molecule is CN=C(NCCNc1ccccc1[N+](=O)[O-])NCc1ccccc1C.I. The Morgan fingerprint density at radius 2 is 1.77 bits per heavy atom. The van der Waals surface area contributed by atoms with E-state index in [1.807, 2.05) is 12.1 Å². The molecule has 7 nitrogen and oxygen atoms in total. The lowest BCUT2D eigenvalue weighted by Gasteiger charge is -2.13. The predicted octanol–water partition coefficient (Wildman–Crippen LogP) is 3.30. The number of para-hydroxylation sites is 2. The molecule has 0 aliphatic carbocycles. The standard InChI is InChI=1S/C18H23N5O2.HI/c1-14-7-3-4-8-15(14)13-22-18(19-2)21-12-11-20-16-9-5-6-10-17(16)23(24)25;/h3-10,20H,11-13H2,1-2H3,(H2,19,21,22);1H. The molecule has 2 aromatic carbocycles. The fraction of sp³-hybridized carbons (Fsp3) is 0.278. The molecule has 2 aromatic rings. The Bertz CT molecular complexity index is 752. The molecule has 0 bridgehead atoms. The molecule has 8 heteroatoms. The Kier molecular flexibility index (Phi) is 9.42. The largest absolute Gasteiger partial charge is 0.378 e. The van der Waals surface area contributed by atoms with Gasteiger partial charge in [0.1, 0.15) is 5.69 Å². The first-order valence-electron chi connectivity index (χ1n) is 8.08. The van der Waals surface area contributed by atoms with Crippen LogP contribution in [0.25, 0.3) is 0 Å². The fourth-order valence-electron chi connectivity index (χ4n) is 2.37. The van der Waals surface area contributed by atoms with Crippen molar-refractivity contribution in [2.45, 2.75) is 13.5 Å². The number of hydrogen-bond donors (Lipinski definition) is 3. The molecule has 140 valence electrons. The van der Waals surface area contributed by atoms with Crippen LogP contribution >= 0.6 is 24.0 Å². The maximum atomic E-state index is 11.0. The second-order valence-electron chi connectivity index (χ2n) is 5.48. The molecule has 0 heterocycles. The van der Waals surface area contributed by atoms with E-state index < -0.39 is 4.92 Å². The zero-order valence-corrected chi connectivity index (χ0v) is 17.2. The topological polar surface area (TPSA) is 91.6 Å². The van der Waals surface area contributed by atoms with Crippen LogP contribution in [0.3, 0.4) is 0 Å². The highest BCUT2D eigenvalue weighted by Crippen LogP contribution is 2.22. The van der Waals surface area contributed by atoms with Gasteiger partial charge in [-0.1, -0.05) is 36.4 Å². The maximum absolute atomic E-state index is 11.0. The number of hydrogen-bond acceptors (Lipinski definition) is 4. The predicted molar refractivity (Wildman–Crippen MR) is 116 cm³/mol. The minimum absolute atomic E-state index is 0. The third-order valence-electron chi connectivity index (χ3n) is 3.76. The summed E-state index contributed by atoms with van der Waals surface area (Å²) >= 11 is 0. The van der Waals surface area contributed by atoms with Crippen molar-refractivity contribution >= 4 is 41.3 Å². The monoisotopic (exact) mass is 469 g/mol. The zero-order valence-electron chi connectivity index (χ0n) is 14.9. The molecule has 0 saturated carbocycles. The lowest BCUT2D eigenvalue weighted by atomic mass is 10.1. The van der Waals surface area contributed by atoms with Crippen LogP contribution < -0.4 is 16.0 Å². The van der Waals surface area contributed by atoms with Gasteiger partial charge in [0.25, 0.3) is 5.69 Å². The molecule has 3 N–H and O–H groups in total. The zero-order chi connectivity index (χ0) is 18.1. The van der Waals surface area contributed by atoms with E-state index in [0.717, 1.165) is 0 Å². The van der Waals surface area contributed by atoms with E-state index in [0.29, 0.717) is 31.3 Å². The molecule has 0 fully saturated rings. The number of nitrogens with one attached hydrogen (secondary N) is 3. The Morgan fingerprint density at radius 3 is 2.46 bits per heavy atom. The van der Waals surface area contributed by atoms with E-state index in [9.17, 15) is 10.1 Å². The van der Waals surface area contributed by atoms with Crippen LogP contribution in [0.4, 0.5) is 11.4 Å². The van der Waals surface area contributed by atoms with Crippen molar-refractivity contribution in [3.63, 3.8) is 0 Å². The summed E-state index contributed by atoms with van der Waals surface area (Å²) < 4.78 is 0. The maximum Gasteiger partial charge on any atom is 0.292 e. The number of aryl methyl sites for hydroxylation is 1. The molecule has 0 aliphatic heterocycles. The van der Waals surface area contributed by atoms with E-state index in [2.05, 4.69) is 40.0 Å². The van der Waals surface area contributed by atoms with Gasteiger partial charge in [-0.3, -0.25) is 15.1 Å². The molecule has 0 aromatic heterocycles. The van der Waals surface area contributed by atoms with Crippen LogP contribution in [-0.2, 0) is 6.54 Å². The first kappa shape index (κ1) is 21.7. The van der Waals surface area contributed by atoms with Crippen molar-refractivity contribution in [2.24, 2.45) is 4.99 Å². The van der Waals surface area contributed by atoms with E-state index in [1.54, 1.807) is 25.2 Å². The third-order valence-corrected chi connectivity index (χ3v) is 3.76. The number of aliphatic imine (C=N–C) groups is 1. The van der Waals surface area contributed by atoms with Crippen molar-refractivity contribution in [2.75, 3.05) is 25.5 Å². The summed E-state index contributed by atoms with van der Waals surface area (Å²) in [5.41, 5.74) is 3.02. The number of nitro benzene ring substituents is 1. The lowest BCUT2D eigenvalue weighted by molar-refractivity contribution is -0.384. The molecule has 2 rings (SSSR count). The molecule has 0 unspecified atom stereocenters. The summed E-state index contributed by atoms with van der Waals surface area (Å²) in [4.78, 5) is 14.8. The highest BCUT2D eigenvalue weighted by molar-refractivity contribution is 14.0. The quantitative estimate of drug-likeness (QED) is 0.145. The number of nitrogens with zero attached hydrogens (tertiary/aromatic N) is 2. The van der Waals surface area contributed by atoms with Crippen LogP contribution in [-0.4, -0.2) is 31.0 Å². The minimum atomic E-state index is -0.390. The minimum Gasteiger partial charge on any atom is -0.378 e. The summed E-state index contributed by atoms with van der Waals surface area (Å²) in [6, 6.07) is 14.8. The second kappa shape index (κ2) is 11.3. The van der Waals surface area contributed by atoms with Crippen LogP contribution in [0.1, 0.15) is 11.1 Å². The molecule has 0 aliphatic rings. The van der Waals surface area contributed by atoms with Crippen molar-refractivity contribution < 1.29 is 4.92 Å². The lowest BCUT2D eigenvalue weighted by Crippen LogP contribution is -2.39. The number of anilines is 1. The van der Waals surface area contributed by atoms with Crippen molar-refractivity contribution in [1.82, 2.24) is 10.6 Å². The summed E-state index contributed by atoms with van der Waals surface area (Å²) in [6.07, 6.45) is 0. The fourth-order valence-corrected chi connectivity index (χ4v) is 2.37. The Labute approximate surface area is 170 Å². The van der Waals surface area contributed by atoms with Gasteiger partial charge in [-0.15, -0.1) is 24.0 Å². The highest BCUT2D eigenvalue weighted by atomic mass is 127. The third kappa shape index (κ3) is 6.51. The van der Waals surface area contributed by atoms with Gasteiger partial charge in [0.2, 0.25) is 0 Å². The van der Waals surface area contributed by atoms with Gasteiger partial charge in [-0.05, 0) is 24.1 Å². The first-order valence-corrected chi connectivity index (χ1v) is 8.08. The van der Waals surface area contributed by atoms with Gasteiger partial charge in [0, 0.05) is 32.7 Å². The van der Waals surface area contributed by atoms with Gasteiger partial charge in [0.15, 0.2) is 5.96 Å². The van der Waals surface area contributed by atoms with Gasteiger partial charge in [0.05, 0.1) is 4.92 Å². The first-order chi connectivity index (χ1) is 12.1. The second-order valence-corrected chi connectivity index (χ2v) is 5.48. The van der Waals surface area contributed by atoms with E-state index in [-0.39, 0.29) is 29.7 Å². The number of benzene rings is 2. The molecule has 26 heavy (non-hydrogen) atoms. The van der Waals surface area contributed by atoms with Crippen molar-refractivity contribution in [3.8, 4) is 0 Å². The summed E-state index contributed by atoms with van der Waals surface area (Å²) in [5, 5.41) is 20.5. The summed E-state index contributed by atoms with van der Waals surface area (Å²) in [5.74, 6) is 0.688. The van der Waals surface area contributed by atoms with Crippen LogP contribution in [0.15, 0.2) is 53.5 Å². The van der Waals surface area contributed by atoms with Crippen LogP contribution in [0.5, 0.6) is 0 Å². The average molecular weight is 469 g/mol. The summed E-state index contributed by atoms with van der Waals surface area (Å²) in [7, 11) is 1.71. The van der Waals surface area contributed by atoms with Gasteiger partial charge in [-0.25, -0.2) is 0 Å². The highest BCUT2D eigenvalue weighted by Gasteiger charge is 2.11.